The van der Waals surface area contributed by atoms with Crippen molar-refractivity contribution < 1.29 is 17.9 Å². The van der Waals surface area contributed by atoms with Crippen molar-refractivity contribution in [3.63, 3.8) is 0 Å². The van der Waals surface area contributed by atoms with E-state index in [2.05, 4.69) is 20.7 Å². The fourth-order valence-electron chi connectivity index (χ4n) is 1.62. The van der Waals surface area contributed by atoms with Crippen LogP contribution in [0.25, 0.3) is 0 Å². The van der Waals surface area contributed by atoms with Crippen molar-refractivity contribution in [2.75, 3.05) is 20.1 Å². The van der Waals surface area contributed by atoms with Gasteiger partial charge in [0.05, 0.1) is 6.61 Å². The van der Waals surface area contributed by atoms with Crippen LogP contribution in [-0.4, -0.2) is 44.6 Å². The third-order valence-corrected chi connectivity index (χ3v) is 5.10. The van der Waals surface area contributed by atoms with E-state index in [1.165, 1.54) is 12.1 Å². The Morgan fingerprint density at radius 2 is 2.05 bits per heavy atom. The van der Waals surface area contributed by atoms with Crippen molar-refractivity contribution in [2.24, 2.45) is 0 Å². The predicted octanol–water partition coefficient (Wildman–Crippen LogP) is 1.70. The number of benzene rings is 1. The number of rotatable bonds is 7. The van der Waals surface area contributed by atoms with Crippen LogP contribution in [0.3, 0.4) is 0 Å². The van der Waals surface area contributed by atoms with Crippen LogP contribution in [0, 0.1) is 5.82 Å². The molecule has 0 aromatic heterocycles. The van der Waals surface area contributed by atoms with Gasteiger partial charge in [-0.2, -0.15) is 0 Å². The average molecular weight is 383 g/mol. The highest BCUT2D eigenvalue weighted by Crippen LogP contribution is 2.24. The first kappa shape index (κ1) is 18.5. The van der Waals surface area contributed by atoms with E-state index in [4.69, 9.17) is 5.11 Å². The molecule has 0 bridgehead atoms. The normalized spacial score (nSPS) is 12.4. The Balaban J connectivity index is 2.91. The highest BCUT2D eigenvalue weighted by atomic mass is 79.9. The number of halogens is 2. The Morgan fingerprint density at radius 3 is 2.57 bits per heavy atom. The molecule has 0 fully saturated rings. The Bertz CT molecular complexity index is 593. The van der Waals surface area contributed by atoms with Crippen LogP contribution in [-0.2, 0) is 16.6 Å². The highest BCUT2D eigenvalue weighted by Gasteiger charge is 2.22. The van der Waals surface area contributed by atoms with Crippen LogP contribution in [0.15, 0.2) is 21.5 Å². The lowest BCUT2D eigenvalue weighted by atomic mass is 10.2. The van der Waals surface area contributed by atoms with Gasteiger partial charge in [0.15, 0.2) is 0 Å². The van der Waals surface area contributed by atoms with E-state index >= 15 is 0 Å². The van der Waals surface area contributed by atoms with Crippen molar-refractivity contribution in [3.8, 4) is 0 Å². The van der Waals surface area contributed by atoms with Crippen molar-refractivity contribution in [3.05, 3.63) is 28.0 Å². The van der Waals surface area contributed by atoms with Gasteiger partial charge in [-0.1, -0.05) is 15.9 Å². The second-order valence-electron chi connectivity index (χ2n) is 5.01. The maximum atomic E-state index is 14.1. The molecule has 5 nitrogen and oxygen atoms in total. The van der Waals surface area contributed by atoms with Gasteiger partial charge in [-0.3, -0.25) is 0 Å². The quantitative estimate of drug-likeness (QED) is 0.752. The number of hydrogen-bond acceptors (Lipinski definition) is 4. The molecule has 2 N–H and O–H groups in total. The monoisotopic (exact) mass is 382 g/mol. The summed E-state index contributed by atoms with van der Waals surface area (Å²) in [6.45, 7) is 4.12. The number of nitrogens with one attached hydrogen (secondary N) is 1. The highest BCUT2D eigenvalue weighted by molar-refractivity contribution is 9.10. The van der Waals surface area contributed by atoms with Crippen molar-refractivity contribution >= 4 is 26.0 Å². The van der Waals surface area contributed by atoms with Crippen LogP contribution in [0.5, 0.6) is 0 Å². The second-order valence-corrected chi connectivity index (χ2v) is 7.66. The van der Waals surface area contributed by atoms with E-state index in [9.17, 15) is 12.8 Å². The van der Waals surface area contributed by atoms with E-state index in [0.29, 0.717) is 11.0 Å². The van der Waals surface area contributed by atoms with Crippen LogP contribution >= 0.6 is 15.9 Å². The van der Waals surface area contributed by atoms with Gasteiger partial charge in [0.2, 0.25) is 10.0 Å². The summed E-state index contributed by atoms with van der Waals surface area (Å²) in [6, 6.07) is 2.82. The molecule has 21 heavy (non-hydrogen) atoms. The molecule has 0 aliphatic carbocycles. The van der Waals surface area contributed by atoms with E-state index in [0.717, 1.165) is 0 Å². The predicted molar refractivity (Wildman–Crippen MR) is 83.0 cm³/mol. The Labute approximate surface area is 133 Å². The zero-order valence-corrected chi connectivity index (χ0v) is 14.6. The molecule has 0 saturated heterocycles. The lowest BCUT2D eigenvalue weighted by molar-refractivity contribution is 0.274. The van der Waals surface area contributed by atoms with E-state index < -0.39 is 27.3 Å². The average Bonchev–Trinajstić information content (AvgIpc) is 2.40. The molecule has 0 amide bonds. The molecule has 1 rings (SSSR count). The minimum absolute atomic E-state index is 0.0657. The summed E-state index contributed by atoms with van der Waals surface area (Å²) in [6.07, 6.45) is 0. The van der Waals surface area contributed by atoms with Crippen LogP contribution < -0.4 is 4.72 Å². The van der Waals surface area contributed by atoms with Crippen molar-refractivity contribution in [2.45, 2.75) is 31.4 Å². The van der Waals surface area contributed by atoms with Crippen molar-refractivity contribution in [1.82, 2.24) is 9.62 Å². The van der Waals surface area contributed by atoms with Gasteiger partial charge in [0, 0.05) is 29.2 Å². The Morgan fingerprint density at radius 1 is 1.43 bits per heavy atom. The second kappa shape index (κ2) is 7.64. The summed E-state index contributed by atoms with van der Waals surface area (Å²) in [7, 11) is -2.08. The maximum absolute atomic E-state index is 14.1. The lowest BCUT2D eigenvalue weighted by Crippen LogP contribution is -2.36. The largest absolute Gasteiger partial charge is 0.392 e. The number of hydrogen-bond donors (Lipinski definition) is 2. The first-order valence-electron chi connectivity index (χ1n) is 6.47. The summed E-state index contributed by atoms with van der Waals surface area (Å²) in [5.41, 5.74) is -0.0657. The number of aliphatic hydroxyl groups excluding tert-OH is 1. The minimum atomic E-state index is -3.96. The van der Waals surface area contributed by atoms with E-state index in [1.807, 2.05) is 25.8 Å². The zero-order valence-electron chi connectivity index (χ0n) is 12.2. The van der Waals surface area contributed by atoms with Gasteiger partial charge in [-0.05, 0) is 33.0 Å². The molecule has 120 valence electrons. The van der Waals surface area contributed by atoms with E-state index in [1.54, 1.807) is 0 Å². The standard InChI is InChI=1S/C13H20BrFN2O3S/c1-9(2)17(3)5-4-16-21(19,20)12-7-11(14)6-10(8-18)13(12)15/h6-7,9,16,18H,4-5,8H2,1-3H3. The van der Waals surface area contributed by atoms with Crippen molar-refractivity contribution in [1.29, 1.82) is 0 Å². The molecule has 0 spiro atoms. The number of aliphatic hydroxyl groups is 1. The van der Waals surface area contributed by atoms with Crippen LogP contribution in [0.4, 0.5) is 4.39 Å². The molecule has 0 saturated carbocycles. The van der Waals surface area contributed by atoms with Crippen LogP contribution in [0.1, 0.15) is 19.4 Å². The lowest BCUT2D eigenvalue weighted by Gasteiger charge is -2.21. The molecule has 0 heterocycles. The molecule has 0 atom stereocenters. The van der Waals surface area contributed by atoms with Gasteiger partial charge in [-0.25, -0.2) is 17.5 Å². The molecule has 0 radical (unpaired) electrons. The number of sulfonamides is 1. The summed E-state index contributed by atoms with van der Waals surface area (Å²) >= 11 is 3.11. The first-order chi connectivity index (χ1) is 9.69. The molecule has 0 aliphatic heterocycles. The molecule has 0 aliphatic rings. The van der Waals surface area contributed by atoms with Gasteiger partial charge in [0.25, 0.3) is 0 Å². The summed E-state index contributed by atoms with van der Waals surface area (Å²) in [5.74, 6) is -0.926. The molecule has 0 unspecified atom stereocenters. The summed E-state index contributed by atoms with van der Waals surface area (Å²) < 4.78 is 41.1. The number of nitrogens with zero attached hydrogens (tertiary/aromatic N) is 1. The topological polar surface area (TPSA) is 69.6 Å². The third-order valence-electron chi connectivity index (χ3n) is 3.18. The van der Waals surface area contributed by atoms with Gasteiger partial charge in [-0.15, -0.1) is 0 Å². The molecular formula is C13H20BrFN2O3S. The summed E-state index contributed by atoms with van der Waals surface area (Å²) in [5, 5.41) is 9.06. The summed E-state index contributed by atoms with van der Waals surface area (Å²) in [4.78, 5) is 1.51. The number of likely N-dealkylation sites (N-methyl/N-ethyl adjacent to an activating group) is 1. The van der Waals surface area contributed by atoms with Gasteiger partial charge in [0.1, 0.15) is 10.7 Å². The molecule has 8 heteroatoms. The Kier molecular flexibility index (Phi) is 6.73. The molecule has 1 aromatic rings. The fraction of sp³-hybridized carbons (Fsp3) is 0.538. The molecular weight excluding hydrogens is 363 g/mol. The maximum Gasteiger partial charge on any atom is 0.243 e. The van der Waals surface area contributed by atoms with Crippen LogP contribution in [0.2, 0.25) is 0 Å². The van der Waals surface area contributed by atoms with Gasteiger partial charge < -0.3 is 10.0 Å². The smallest absolute Gasteiger partial charge is 0.243 e. The SMILES string of the molecule is CC(C)N(C)CCNS(=O)(=O)c1cc(Br)cc(CO)c1F. The third kappa shape index (κ3) is 5.00. The minimum Gasteiger partial charge on any atom is -0.392 e. The molecule has 1 aromatic carbocycles. The Hall–Kier alpha value is -0.540. The zero-order chi connectivity index (χ0) is 16.2. The fourth-order valence-corrected chi connectivity index (χ4v) is 3.44. The van der Waals surface area contributed by atoms with Gasteiger partial charge >= 0.3 is 0 Å². The first-order valence-corrected chi connectivity index (χ1v) is 8.75. The van der Waals surface area contributed by atoms with E-state index in [-0.39, 0.29) is 18.2 Å².